The van der Waals surface area contributed by atoms with Crippen LogP contribution in [0.1, 0.15) is 32.1 Å². The third-order valence-electron chi connectivity index (χ3n) is 3.63. The average molecular weight is 242 g/mol. The molecule has 0 aromatic rings. The number of amides is 2. The molecule has 2 heterocycles. The maximum atomic E-state index is 12.3. The first-order chi connectivity index (χ1) is 7.79. The number of hydrogen-bond acceptors (Lipinski definition) is 2. The van der Waals surface area contributed by atoms with Crippen LogP contribution in [0.2, 0.25) is 0 Å². The maximum absolute atomic E-state index is 12.3. The largest absolute Gasteiger partial charge is 0.325 e. The molecule has 2 aliphatic rings. The molecule has 0 aromatic heterocycles. The minimum atomic E-state index is 0.259. The lowest BCUT2D eigenvalue weighted by molar-refractivity contribution is 0.152. The fourth-order valence-corrected chi connectivity index (χ4v) is 3.74. The molecule has 2 saturated heterocycles. The molecule has 1 unspecified atom stereocenters. The molecule has 2 amide bonds. The van der Waals surface area contributed by atoms with Crippen molar-refractivity contribution in [3.63, 3.8) is 0 Å². The van der Waals surface area contributed by atoms with Crippen molar-refractivity contribution in [1.29, 1.82) is 0 Å². The SMILES string of the molecule is CN(C(=O)N1CCCCCC1)C1CCSC1. The van der Waals surface area contributed by atoms with Crippen LogP contribution < -0.4 is 0 Å². The van der Waals surface area contributed by atoms with E-state index in [1.165, 1.54) is 37.9 Å². The summed E-state index contributed by atoms with van der Waals surface area (Å²) in [7, 11) is 1.98. The Hall–Kier alpha value is -0.380. The average Bonchev–Trinajstić information content (AvgIpc) is 2.70. The van der Waals surface area contributed by atoms with Gasteiger partial charge in [-0.15, -0.1) is 0 Å². The lowest BCUT2D eigenvalue weighted by Gasteiger charge is -2.30. The Morgan fingerprint density at radius 3 is 2.50 bits per heavy atom. The van der Waals surface area contributed by atoms with Crippen LogP contribution in [0.5, 0.6) is 0 Å². The highest BCUT2D eigenvalue weighted by Gasteiger charge is 2.27. The molecular formula is C12H22N2OS. The van der Waals surface area contributed by atoms with Gasteiger partial charge in [-0.2, -0.15) is 11.8 Å². The molecule has 4 heteroatoms. The minimum absolute atomic E-state index is 0.259. The lowest BCUT2D eigenvalue weighted by Crippen LogP contribution is -2.46. The van der Waals surface area contributed by atoms with Crippen molar-refractivity contribution in [2.24, 2.45) is 0 Å². The molecule has 92 valence electrons. The summed E-state index contributed by atoms with van der Waals surface area (Å²) in [6, 6.07) is 0.732. The normalized spacial score (nSPS) is 26.6. The van der Waals surface area contributed by atoms with Crippen LogP contribution in [0, 0.1) is 0 Å². The number of carbonyl (C=O) groups excluding carboxylic acids is 1. The Kier molecular flexibility index (Phi) is 4.38. The van der Waals surface area contributed by atoms with E-state index in [0.717, 1.165) is 18.8 Å². The van der Waals surface area contributed by atoms with Crippen molar-refractivity contribution in [1.82, 2.24) is 9.80 Å². The summed E-state index contributed by atoms with van der Waals surface area (Å²) in [4.78, 5) is 16.3. The van der Waals surface area contributed by atoms with Gasteiger partial charge < -0.3 is 9.80 Å². The van der Waals surface area contributed by atoms with Crippen LogP contribution in [-0.2, 0) is 0 Å². The second-order valence-corrected chi connectivity index (χ2v) is 5.96. The molecule has 16 heavy (non-hydrogen) atoms. The molecule has 0 N–H and O–H groups in total. The number of rotatable bonds is 1. The Morgan fingerprint density at radius 1 is 1.25 bits per heavy atom. The van der Waals surface area contributed by atoms with Gasteiger partial charge in [-0.25, -0.2) is 4.79 Å². The zero-order chi connectivity index (χ0) is 11.4. The monoisotopic (exact) mass is 242 g/mol. The van der Waals surface area contributed by atoms with Gasteiger partial charge in [0.05, 0.1) is 0 Å². The van der Waals surface area contributed by atoms with Crippen molar-refractivity contribution in [2.45, 2.75) is 38.1 Å². The van der Waals surface area contributed by atoms with Crippen LogP contribution in [0.15, 0.2) is 0 Å². The highest BCUT2D eigenvalue weighted by Crippen LogP contribution is 2.22. The molecule has 0 spiro atoms. The molecular weight excluding hydrogens is 220 g/mol. The van der Waals surface area contributed by atoms with Gasteiger partial charge in [0.25, 0.3) is 0 Å². The zero-order valence-electron chi connectivity index (χ0n) is 10.2. The van der Waals surface area contributed by atoms with Gasteiger partial charge in [0.1, 0.15) is 0 Å². The maximum Gasteiger partial charge on any atom is 0.320 e. The van der Waals surface area contributed by atoms with E-state index < -0.39 is 0 Å². The predicted octanol–water partition coefficient (Wildman–Crippen LogP) is 2.42. The smallest absolute Gasteiger partial charge is 0.320 e. The second kappa shape index (κ2) is 5.80. The van der Waals surface area contributed by atoms with Crippen LogP contribution >= 0.6 is 11.8 Å². The number of likely N-dealkylation sites (tertiary alicyclic amines) is 1. The standard InChI is InChI=1S/C12H22N2OS/c1-13(11-6-9-16-10-11)12(15)14-7-4-2-3-5-8-14/h11H,2-10H2,1H3. The molecule has 0 bridgehead atoms. The summed E-state index contributed by atoms with van der Waals surface area (Å²) in [5.41, 5.74) is 0. The quantitative estimate of drug-likeness (QED) is 0.705. The number of hydrogen-bond donors (Lipinski definition) is 0. The van der Waals surface area contributed by atoms with Crippen LogP contribution in [0.25, 0.3) is 0 Å². The van der Waals surface area contributed by atoms with Gasteiger partial charge in [-0.3, -0.25) is 0 Å². The van der Waals surface area contributed by atoms with E-state index in [4.69, 9.17) is 0 Å². The molecule has 3 nitrogen and oxygen atoms in total. The van der Waals surface area contributed by atoms with E-state index in [0.29, 0.717) is 6.04 Å². The number of thioether (sulfide) groups is 1. The van der Waals surface area contributed by atoms with Gasteiger partial charge >= 0.3 is 6.03 Å². The first-order valence-corrected chi connectivity index (χ1v) is 7.54. The molecule has 1 atom stereocenters. The van der Waals surface area contributed by atoms with Gasteiger partial charge in [0, 0.05) is 31.9 Å². The highest BCUT2D eigenvalue weighted by molar-refractivity contribution is 7.99. The molecule has 0 saturated carbocycles. The summed E-state index contributed by atoms with van der Waals surface area (Å²) in [6.07, 6.45) is 6.10. The lowest BCUT2D eigenvalue weighted by atomic mass is 10.2. The Balaban J connectivity index is 1.88. The summed E-state index contributed by atoms with van der Waals surface area (Å²) in [5.74, 6) is 2.33. The Labute approximate surface area is 103 Å². The molecule has 2 fully saturated rings. The van der Waals surface area contributed by atoms with E-state index in [1.54, 1.807) is 0 Å². The van der Waals surface area contributed by atoms with Crippen molar-refractivity contribution in [2.75, 3.05) is 31.6 Å². The number of carbonyl (C=O) groups is 1. The summed E-state index contributed by atoms with van der Waals surface area (Å²) < 4.78 is 0. The molecule has 0 radical (unpaired) electrons. The van der Waals surface area contributed by atoms with Gasteiger partial charge in [-0.1, -0.05) is 12.8 Å². The van der Waals surface area contributed by atoms with Crippen molar-refractivity contribution >= 4 is 17.8 Å². The van der Waals surface area contributed by atoms with Crippen molar-refractivity contribution in [3.05, 3.63) is 0 Å². The van der Waals surface area contributed by atoms with Gasteiger partial charge in [-0.05, 0) is 25.0 Å². The highest BCUT2D eigenvalue weighted by atomic mass is 32.2. The minimum Gasteiger partial charge on any atom is -0.325 e. The van der Waals surface area contributed by atoms with Gasteiger partial charge in [0.15, 0.2) is 0 Å². The Bertz CT molecular complexity index is 229. The molecule has 0 aliphatic carbocycles. The Morgan fingerprint density at radius 2 is 1.94 bits per heavy atom. The van der Waals surface area contributed by atoms with Crippen molar-refractivity contribution < 1.29 is 4.79 Å². The van der Waals surface area contributed by atoms with E-state index in [2.05, 4.69) is 4.90 Å². The number of urea groups is 1. The van der Waals surface area contributed by atoms with Crippen molar-refractivity contribution in [3.8, 4) is 0 Å². The van der Waals surface area contributed by atoms with E-state index in [1.807, 2.05) is 23.7 Å². The summed E-state index contributed by atoms with van der Waals surface area (Å²) in [5, 5.41) is 0. The first-order valence-electron chi connectivity index (χ1n) is 6.38. The second-order valence-electron chi connectivity index (χ2n) is 4.81. The fraction of sp³-hybridized carbons (Fsp3) is 0.917. The van der Waals surface area contributed by atoms with E-state index in [9.17, 15) is 4.79 Å². The third kappa shape index (κ3) is 2.84. The van der Waals surface area contributed by atoms with E-state index in [-0.39, 0.29) is 6.03 Å². The van der Waals surface area contributed by atoms with Gasteiger partial charge in [0.2, 0.25) is 0 Å². The summed E-state index contributed by atoms with van der Waals surface area (Å²) >= 11 is 1.97. The van der Waals surface area contributed by atoms with Crippen LogP contribution in [0.4, 0.5) is 4.79 Å². The predicted molar refractivity (Wildman–Crippen MR) is 68.9 cm³/mol. The topological polar surface area (TPSA) is 23.6 Å². The molecule has 0 aromatic carbocycles. The zero-order valence-corrected chi connectivity index (χ0v) is 11.0. The first kappa shape index (κ1) is 12.1. The molecule has 2 rings (SSSR count). The van der Waals surface area contributed by atoms with E-state index >= 15 is 0 Å². The number of nitrogens with zero attached hydrogens (tertiary/aromatic N) is 2. The molecule has 2 aliphatic heterocycles. The fourth-order valence-electron chi connectivity index (χ4n) is 2.47. The summed E-state index contributed by atoms with van der Waals surface area (Å²) in [6.45, 7) is 1.92. The van der Waals surface area contributed by atoms with Crippen LogP contribution in [0.3, 0.4) is 0 Å². The third-order valence-corrected chi connectivity index (χ3v) is 4.78. The van der Waals surface area contributed by atoms with Crippen LogP contribution in [-0.4, -0.2) is 53.5 Å².